The van der Waals surface area contributed by atoms with Crippen LogP contribution in [0, 0.1) is 10.1 Å². The Morgan fingerprint density at radius 3 is 2.37 bits per heavy atom. The van der Waals surface area contributed by atoms with Gasteiger partial charge in [0.2, 0.25) is 0 Å². The molecule has 1 heterocycles. The average Bonchev–Trinajstić information content (AvgIpc) is 3.09. The number of non-ortho nitro benzene ring substituents is 1. The van der Waals surface area contributed by atoms with Crippen LogP contribution in [0.15, 0.2) is 54.1 Å². The van der Waals surface area contributed by atoms with Crippen molar-refractivity contribution in [3.05, 3.63) is 75.3 Å². The SMILES string of the molecule is CCN(CC)CCN1C(=O)C(=O)/C(=C(/O)c2ccc(OC(C)C)cc2)[C@@H]1c1cccc([N+](=O)[O-])c1. The van der Waals surface area contributed by atoms with Crippen molar-refractivity contribution in [3.63, 3.8) is 0 Å². The summed E-state index contributed by atoms with van der Waals surface area (Å²) in [4.78, 5) is 40.6. The summed E-state index contributed by atoms with van der Waals surface area (Å²) in [5, 5.41) is 22.6. The van der Waals surface area contributed by atoms with E-state index in [4.69, 9.17) is 4.74 Å². The van der Waals surface area contributed by atoms with Crippen LogP contribution in [0.3, 0.4) is 0 Å². The lowest BCUT2D eigenvalue weighted by Gasteiger charge is -2.28. The zero-order valence-electron chi connectivity index (χ0n) is 20.4. The van der Waals surface area contributed by atoms with E-state index in [1.165, 1.54) is 23.1 Å². The molecule has 0 aromatic heterocycles. The number of carbonyl (C=O) groups excluding carboxylic acids is 2. The lowest BCUT2D eigenvalue weighted by atomic mass is 9.95. The Labute approximate surface area is 204 Å². The number of Topliss-reactive ketones (excluding diaryl/α,β-unsaturated/α-hetero) is 1. The van der Waals surface area contributed by atoms with E-state index < -0.39 is 22.7 Å². The summed E-state index contributed by atoms with van der Waals surface area (Å²) in [6.45, 7) is 10.1. The Morgan fingerprint density at radius 1 is 1.14 bits per heavy atom. The minimum atomic E-state index is -0.947. The Morgan fingerprint density at radius 2 is 1.80 bits per heavy atom. The summed E-state index contributed by atoms with van der Waals surface area (Å²) in [7, 11) is 0. The van der Waals surface area contributed by atoms with Gasteiger partial charge in [-0.15, -0.1) is 0 Å². The molecule has 0 spiro atoms. The minimum absolute atomic E-state index is 0.0283. The van der Waals surface area contributed by atoms with E-state index in [-0.39, 0.29) is 29.7 Å². The predicted octanol–water partition coefficient (Wildman–Crippen LogP) is 4.15. The first-order valence-corrected chi connectivity index (χ1v) is 11.7. The van der Waals surface area contributed by atoms with Crippen molar-refractivity contribution in [2.24, 2.45) is 0 Å². The van der Waals surface area contributed by atoms with Gasteiger partial charge < -0.3 is 19.6 Å². The number of rotatable bonds is 10. The Kier molecular flexibility index (Phi) is 8.24. The molecule has 1 aliphatic rings. The van der Waals surface area contributed by atoms with Gasteiger partial charge in [0.15, 0.2) is 0 Å². The maximum atomic E-state index is 13.1. The Hall–Kier alpha value is -3.72. The predicted molar refractivity (Wildman–Crippen MR) is 132 cm³/mol. The second kappa shape index (κ2) is 11.1. The van der Waals surface area contributed by atoms with Crippen LogP contribution < -0.4 is 4.74 Å². The van der Waals surface area contributed by atoms with Gasteiger partial charge in [-0.2, -0.15) is 0 Å². The number of carbonyl (C=O) groups is 2. The van der Waals surface area contributed by atoms with Gasteiger partial charge in [-0.25, -0.2) is 0 Å². The topological polar surface area (TPSA) is 113 Å². The number of hydrogen-bond donors (Lipinski definition) is 1. The molecular weight excluding hydrogens is 450 g/mol. The van der Waals surface area contributed by atoms with Gasteiger partial charge in [0, 0.05) is 30.8 Å². The standard InChI is InChI=1S/C26H31N3O6/c1-5-27(6-2)14-15-28-23(19-8-7-9-20(16-19)29(33)34)22(25(31)26(28)32)24(30)18-10-12-21(13-11-18)35-17(3)4/h7-13,16-17,23,30H,5-6,14-15H2,1-4H3/b24-22+/t23-/m0/s1. The molecule has 0 saturated carbocycles. The number of nitro groups is 1. The zero-order chi connectivity index (χ0) is 25.7. The van der Waals surface area contributed by atoms with E-state index in [1.807, 2.05) is 27.7 Å². The second-order valence-corrected chi connectivity index (χ2v) is 8.56. The molecule has 0 aliphatic carbocycles. The molecule has 9 nitrogen and oxygen atoms in total. The molecule has 0 radical (unpaired) electrons. The fraction of sp³-hybridized carbons (Fsp3) is 0.385. The summed E-state index contributed by atoms with van der Waals surface area (Å²) in [6.07, 6.45) is -0.0283. The molecule has 1 saturated heterocycles. The Balaban J connectivity index is 2.09. The van der Waals surface area contributed by atoms with Crippen LogP contribution in [0.1, 0.15) is 44.9 Å². The molecule has 2 aromatic carbocycles. The number of aliphatic hydroxyl groups excluding tert-OH is 1. The van der Waals surface area contributed by atoms with Crippen LogP contribution in [0.2, 0.25) is 0 Å². The van der Waals surface area contributed by atoms with Gasteiger partial charge in [-0.05, 0) is 56.8 Å². The molecule has 35 heavy (non-hydrogen) atoms. The molecule has 1 amide bonds. The molecule has 1 aliphatic heterocycles. The third kappa shape index (κ3) is 5.68. The largest absolute Gasteiger partial charge is 0.507 e. The maximum absolute atomic E-state index is 13.1. The molecule has 1 fully saturated rings. The van der Waals surface area contributed by atoms with Crippen LogP contribution in [0.4, 0.5) is 5.69 Å². The van der Waals surface area contributed by atoms with Crippen molar-refractivity contribution in [2.75, 3.05) is 26.2 Å². The molecule has 3 rings (SSSR count). The van der Waals surface area contributed by atoms with Crippen LogP contribution in [-0.4, -0.2) is 63.8 Å². The first-order valence-electron chi connectivity index (χ1n) is 11.7. The third-order valence-electron chi connectivity index (χ3n) is 5.99. The molecule has 186 valence electrons. The highest BCUT2D eigenvalue weighted by Crippen LogP contribution is 2.40. The first-order chi connectivity index (χ1) is 16.7. The number of likely N-dealkylation sites (tertiary alicyclic amines) is 1. The first kappa shape index (κ1) is 25.9. The number of hydrogen-bond acceptors (Lipinski definition) is 7. The smallest absolute Gasteiger partial charge is 0.295 e. The third-order valence-corrected chi connectivity index (χ3v) is 5.99. The molecule has 0 unspecified atom stereocenters. The summed E-state index contributed by atoms with van der Waals surface area (Å²) in [5.74, 6) is -1.29. The fourth-order valence-corrected chi connectivity index (χ4v) is 4.17. The summed E-state index contributed by atoms with van der Waals surface area (Å²) in [5.41, 5.74) is 0.483. The van der Waals surface area contributed by atoms with Gasteiger partial charge in [0.25, 0.3) is 17.4 Å². The lowest BCUT2D eigenvalue weighted by molar-refractivity contribution is -0.384. The van der Waals surface area contributed by atoms with E-state index in [9.17, 15) is 24.8 Å². The highest BCUT2D eigenvalue weighted by atomic mass is 16.6. The summed E-state index contributed by atoms with van der Waals surface area (Å²) < 4.78 is 5.64. The number of nitro benzene ring substituents is 1. The quantitative estimate of drug-likeness (QED) is 0.178. The number of likely N-dealkylation sites (N-methyl/N-ethyl adjacent to an activating group) is 1. The van der Waals surface area contributed by atoms with Crippen LogP contribution in [0.25, 0.3) is 5.76 Å². The number of benzene rings is 2. The van der Waals surface area contributed by atoms with E-state index in [1.54, 1.807) is 30.3 Å². The van der Waals surface area contributed by atoms with Gasteiger partial charge in [0.05, 0.1) is 22.6 Å². The summed E-state index contributed by atoms with van der Waals surface area (Å²) >= 11 is 0. The zero-order valence-corrected chi connectivity index (χ0v) is 20.4. The normalized spacial score (nSPS) is 17.4. The number of nitrogens with zero attached hydrogens (tertiary/aromatic N) is 3. The van der Waals surface area contributed by atoms with E-state index in [2.05, 4.69) is 4.90 Å². The van der Waals surface area contributed by atoms with Crippen LogP contribution in [0.5, 0.6) is 5.75 Å². The van der Waals surface area contributed by atoms with Crippen molar-refractivity contribution in [1.29, 1.82) is 0 Å². The van der Waals surface area contributed by atoms with Crippen molar-refractivity contribution in [2.45, 2.75) is 39.8 Å². The monoisotopic (exact) mass is 481 g/mol. The molecule has 2 aromatic rings. The van der Waals surface area contributed by atoms with Gasteiger partial charge in [-0.3, -0.25) is 19.7 Å². The van der Waals surface area contributed by atoms with Gasteiger partial charge >= 0.3 is 0 Å². The van der Waals surface area contributed by atoms with E-state index >= 15 is 0 Å². The fourth-order valence-electron chi connectivity index (χ4n) is 4.17. The Bertz CT molecular complexity index is 1120. The van der Waals surface area contributed by atoms with Crippen molar-refractivity contribution < 1.29 is 24.4 Å². The molecule has 9 heteroatoms. The van der Waals surface area contributed by atoms with Crippen LogP contribution >= 0.6 is 0 Å². The van der Waals surface area contributed by atoms with Gasteiger partial charge in [-0.1, -0.05) is 26.0 Å². The highest BCUT2D eigenvalue weighted by molar-refractivity contribution is 6.46. The number of amides is 1. The number of ether oxygens (including phenoxy) is 1. The van der Waals surface area contributed by atoms with Crippen molar-refractivity contribution in [1.82, 2.24) is 9.80 Å². The van der Waals surface area contributed by atoms with E-state index in [0.29, 0.717) is 23.4 Å². The number of ketones is 1. The van der Waals surface area contributed by atoms with Crippen LogP contribution in [-0.2, 0) is 9.59 Å². The highest BCUT2D eigenvalue weighted by Gasteiger charge is 2.46. The lowest BCUT2D eigenvalue weighted by Crippen LogP contribution is -2.38. The molecule has 1 atom stereocenters. The van der Waals surface area contributed by atoms with Gasteiger partial charge in [0.1, 0.15) is 11.5 Å². The average molecular weight is 482 g/mol. The minimum Gasteiger partial charge on any atom is -0.507 e. The summed E-state index contributed by atoms with van der Waals surface area (Å²) in [6, 6.07) is 11.4. The maximum Gasteiger partial charge on any atom is 0.295 e. The van der Waals surface area contributed by atoms with Crippen molar-refractivity contribution in [3.8, 4) is 5.75 Å². The molecular formula is C26H31N3O6. The number of aliphatic hydroxyl groups is 1. The molecule has 1 N–H and O–H groups in total. The molecule has 0 bridgehead atoms. The second-order valence-electron chi connectivity index (χ2n) is 8.56. The van der Waals surface area contributed by atoms with E-state index in [0.717, 1.165) is 13.1 Å². The van der Waals surface area contributed by atoms with Crippen molar-refractivity contribution >= 4 is 23.1 Å².